The third-order valence-electron chi connectivity index (χ3n) is 6.56. The van der Waals surface area contributed by atoms with Crippen LogP contribution in [0.5, 0.6) is 0 Å². The maximum absolute atomic E-state index is 4.40. The predicted molar refractivity (Wildman–Crippen MR) is 158 cm³/mol. The van der Waals surface area contributed by atoms with Crippen molar-refractivity contribution in [3.63, 3.8) is 0 Å². The molecule has 0 saturated carbocycles. The van der Waals surface area contributed by atoms with Crippen LogP contribution < -0.4 is 15.1 Å². The molecule has 1 fully saturated rings. The number of azo groups is 1. The minimum atomic E-state index is 0.598. The molecule has 0 atom stereocenters. The number of thiophene rings is 1. The summed E-state index contributed by atoms with van der Waals surface area (Å²) in [6.07, 6.45) is 4.57. The molecule has 0 unspecified atom stereocenters. The third kappa shape index (κ3) is 5.99. The molecule has 5 rings (SSSR count). The molecule has 0 bridgehead atoms. The van der Waals surface area contributed by atoms with Crippen molar-refractivity contribution in [2.45, 2.75) is 46.5 Å². The topological polar surface area (TPSA) is 69.0 Å². The summed E-state index contributed by atoms with van der Waals surface area (Å²) in [7, 11) is 2.14. The first kappa shape index (κ1) is 25.4. The molecular weight excluding hydrogens is 498 g/mol. The highest BCUT2D eigenvalue weighted by Crippen LogP contribution is 2.38. The highest BCUT2D eigenvalue weighted by Gasteiger charge is 2.16. The predicted octanol–water partition coefficient (Wildman–Crippen LogP) is 8.70. The van der Waals surface area contributed by atoms with Crippen LogP contribution >= 0.6 is 22.7 Å². The molecule has 192 valence electrons. The van der Waals surface area contributed by atoms with Crippen molar-refractivity contribution in [2.75, 3.05) is 35.3 Å². The molecule has 0 aliphatic carbocycles. The molecule has 9 heteroatoms. The van der Waals surface area contributed by atoms with E-state index >= 15 is 0 Å². The molecule has 0 amide bonds. The normalized spacial score (nSPS) is 13.6. The Labute approximate surface area is 226 Å². The summed E-state index contributed by atoms with van der Waals surface area (Å²) in [4.78, 5) is 4.77. The first-order valence-corrected chi connectivity index (χ1v) is 14.4. The van der Waals surface area contributed by atoms with Gasteiger partial charge in [-0.05, 0) is 92.8 Å². The van der Waals surface area contributed by atoms with E-state index in [9.17, 15) is 0 Å². The SMILES string of the molecule is CCCc1nnc(/N=N/c2ccc(Nc3ccc(N(C)c4ccc(N5CCCC5)s4)cc3C)cc2C)s1. The van der Waals surface area contributed by atoms with Crippen LogP contribution in [0.25, 0.3) is 0 Å². The smallest absolute Gasteiger partial charge is 0.251 e. The number of aromatic nitrogens is 2. The quantitative estimate of drug-likeness (QED) is 0.219. The summed E-state index contributed by atoms with van der Waals surface area (Å²) in [5.41, 5.74) is 6.37. The van der Waals surface area contributed by atoms with Crippen LogP contribution in [0.2, 0.25) is 0 Å². The van der Waals surface area contributed by atoms with Gasteiger partial charge >= 0.3 is 0 Å². The van der Waals surface area contributed by atoms with Crippen LogP contribution in [-0.2, 0) is 6.42 Å². The Morgan fingerprint density at radius 1 is 0.946 bits per heavy atom. The zero-order chi connectivity index (χ0) is 25.8. The maximum atomic E-state index is 4.40. The monoisotopic (exact) mass is 531 g/mol. The summed E-state index contributed by atoms with van der Waals surface area (Å²) < 4.78 is 0. The second kappa shape index (κ2) is 11.4. The van der Waals surface area contributed by atoms with E-state index in [1.807, 2.05) is 30.4 Å². The minimum Gasteiger partial charge on any atom is -0.363 e. The van der Waals surface area contributed by atoms with Gasteiger partial charge in [-0.25, -0.2) is 0 Å². The minimum absolute atomic E-state index is 0.598. The van der Waals surface area contributed by atoms with E-state index in [0.717, 1.165) is 40.5 Å². The average molecular weight is 532 g/mol. The summed E-state index contributed by atoms with van der Waals surface area (Å²) in [6, 6.07) is 17.2. The average Bonchev–Trinajstić information content (AvgIpc) is 3.66. The fourth-order valence-electron chi connectivity index (χ4n) is 4.43. The molecule has 1 saturated heterocycles. The van der Waals surface area contributed by atoms with Crippen LogP contribution in [0, 0.1) is 13.8 Å². The first-order valence-electron chi connectivity index (χ1n) is 12.8. The fourth-order valence-corrected chi connectivity index (χ4v) is 6.23. The van der Waals surface area contributed by atoms with E-state index < -0.39 is 0 Å². The van der Waals surface area contributed by atoms with Gasteiger partial charge in [0.2, 0.25) is 0 Å². The number of anilines is 5. The van der Waals surface area contributed by atoms with Crippen molar-refractivity contribution in [1.29, 1.82) is 0 Å². The van der Waals surface area contributed by atoms with Crippen LogP contribution in [0.4, 0.5) is 37.9 Å². The molecule has 1 aliphatic heterocycles. The maximum Gasteiger partial charge on any atom is 0.251 e. The van der Waals surface area contributed by atoms with Crippen molar-refractivity contribution < 1.29 is 0 Å². The lowest BCUT2D eigenvalue weighted by Gasteiger charge is -2.20. The van der Waals surface area contributed by atoms with Crippen LogP contribution in [0.1, 0.15) is 42.3 Å². The molecule has 37 heavy (non-hydrogen) atoms. The Balaban J connectivity index is 1.25. The fraction of sp³-hybridized carbons (Fsp3) is 0.357. The Morgan fingerprint density at radius 2 is 1.78 bits per heavy atom. The summed E-state index contributed by atoms with van der Waals surface area (Å²) >= 11 is 3.36. The largest absolute Gasteiger partial charge is 0.363 e. The standard InChI is InChI=1S/C28H33N7S2/c1-5-8-25-31-33-28(36-25)32-30-24-11-9-21(17-19(24)2)29-23-12-10-22(18-20(23)3)34(4)26-13-14-27(37-26)35-15-6-7-16-35/h9-14,17-18,29H,5-8,15-16H2,1-4H3/b32-30+. The molecule has 4 aromatic rings. The van der Waals surface area contributed by atoms with Gasteiger partial charge in [-0.15, -0.1) is 31.8 Å². The second-order valence-corrected chi connectivity index (χ2v) is 11.5. The Kier molecular flexibility index (Phi) is 7.81. The lowest BCUT2D eigenvalue weighted by atomic mass is 10.1. The van der Waals surface area contributed by atoms with Crippen molar-refractivity contribution in [3.05, 3.63) is 64.7 Å². The second-order valence-electron chi connectivity index (χ2n) is 9.42. The molecule has 2 aromatic carbocycles. The molecular formula is C28H33N7S2. The zero-order valence-electron chi connectivity index (χ0n) is 21.9. The van der Waals surface area contributed by atoms with E-state index in [1.165, 1.54) is 58.5 Å². The van der Waals surface area contributed by atoms with E-state index in [0.29, 0.717) is 5.13 Å². The highest BCUT2D eigenvalue weighted by atomic mass is 32.1. The van der Waals surface area contributed by atoms with Crippen molar-refractivity contribution in [3.8, 4) is 0 Å². The molecule has 0 radical (unpaired) electrons. The molecule has 1 N–H and O–H groups in total. The lowest BCUT2D eigenvalue weighted by Crippen LogP contribution is -2.15. The summed E-state index contributed by atoms with van der Waals surface area (Å²) in [6.45, 7) is 8.68. The van der Waals surface area contributed by atoms with Gasteiger partial charge in [0.15, 0.2) is 0 Å². The Hall–Kier alpha value is -3.30. The number of hydrogen-bond acceptors (Lipinski definition) is 9. The Morgan fingerprint density at radius 3 is 2.54 bits per heavy atom. The van der Waals surface area contributed by atoms with Crippen LogP contribution in [0.3, 0.4) is 0 Å². The summed E-state index contributed by atoms with van der Waals surface area (Å²) in [5.74, 6) is 0. The van der Waals surface area contributed by atoms with Gasteiger partial charge in [0, 0.05) is 43.6 Å². The van der Waals surface area contributed by atoms with Gasteiger partial charge < -0.3 is 15.1 Å². The molecule has 3 heterocycles. The lowest BCUT2D eigenvalue weighted by molar-refractivity contribution is 0.877. The van der Waals surface area contributed by atoms with Crippen molar-refractivity contribution in [1.82, 2.24) is 10.2 Å². The van der Waals surface area contributed by atoms with Gasteiger partial charge in [-0.2, -0.15) is 0 Å². The Bertz CT molecular complexity index is 1380. The van der Waals surface area contributed by atoms with Crippen LogP contribution in [-0.4, -0.2) is 30.3 Å². The number of nitrogens with one attached hydrogen (secondary N) is 1. The zero-order valence-corrected chi connectivity index (χ0v) is 23.5. The van der Waals surface area contributed by atoms with Crippen molar-refractivity contribution in [2.24, 2.45) is 10.2 Å². The van der Waals surface area contributed by atoms with Gasteiger partial charge in [-0.3, -0.25) is 0 Å². The number of hydrogen-bond donors (Lipinski definition) is 1. The molecule has 7 nitrogen and oxygen atoms in total. The molecule has 1 aliphatic rings. The van der Waals surface area contributed by atoms with E-state index in [2.05, 4.69) is 92.8 Å². The third-order valence-corrected chi connectivity index (χ3v) is 8.65. The number of benzene rings is 2. The molecule has 0 spiro atoms. The molecule has 2 aromatic heterocycles. The highest BCUT2D eigenvalue weighted by molar-refractivity contribution is 7.20. The number of aryl methyl sites for hydroxylation is 3. The van der Waals surface area contributed by atoms with Crippen LogP contribution in [0.15, 0.2) is 58.8 Å². The van der Waals surface area contributed by atoms with Gasteiger partial charge in [0.25, 0.3) is 5.13 Å². The van der Waals surface area contributed by atoms with Gasteiger partial charge in [-0.1, -0.05) is 18.3 Å². The van der Waals surface area contributed by atoms with E-state index in [1.54, 1.807) is 0 Å². The van der Waals surface area contributed by atoms with Gasteiger partial charge in [0.05, 0.1) is 15.7 Å². The van der Waals surface area contributed by atoms with Crippen molar-refractivity contribution >= 4 is 60.6 Å². The van der Waals surface area contributed by atoms with E-state index in [4.69, 9.17) is 0 Å². The first-order chi connectivity index (χ1) is 18.0. The van der Waals surface area contributed by atoms with E-state index in [-0.39, 0.29) is 0 Å². The summed E-state index contributed by atoms with van der Waals surface area (Å²) in [5, 5.41) is 24.8. The number of nitrogens with zero attached hydrogens (tertiary/aromatic N) is 6. The number of rotatable bonds is 9. The van der Waals surface area contributed by atoms with Gasteiger partial charge in [0.1, 0.15) is 5.01 Å².